The Morgan fingerprint density at radius 1 is 1.16 bits per heavy atom. The van der Waals surface area contributed by atoms with E-state index in [4.69, 9.17) is 5.11 Å². The van der Waals surface area contributed by atoms with Crippen LogP contribution in [0.3, 0.4) is 0 Å². The van der Waals surface area contributed by atoms with Crippen LogP contribution in [0.2, 0.25) is 0 Å². The highest BCUT2D eigenvalue weighted by molar-refractivity contribution is 5.76. The summed E-state index contributed by atoms with van der Waals surface area (Å²) in [6, 6.07) is 13.7. The molecule has 95 valence electrons. The van der Waals surface area contributed by atoms with Gasteiger partial charge in [-0.15, -0.1) is 0 Å². The summed E-state index contributed by atoms with van der Waals surface area (Å²) in [4.78, 5) is 10.8. The number of hydrogen-bond acceptors (Lipinski definition) is 1. The van der Waals surface area contributed by atoms with Gasteiger partial charge in [-0.2, -0.15) is 0 Å². The van der Waals surface area contributed by atoms with Gasteiger partial charge in [0.1, 0.15) is 5.82 Å². The van der Waals surface area contributed by atoms with E-state index in [1.165, 1.54) is 6.07 Å². The number of carbonyl (C=O) groups is 1. The van der Waals surface area contributed by atoms with E-state index in [0.717, 1.165) is 5.56 Å². The summed E-state index contributed by atoms with van der Waals surface area (Å²) in [5.41, 5.74) is 1.74. The molecule has 2 nitrogen and oxygen atoms in total. The number of aliphatic carboxylic acids is 1. The van der Waals surface area contributed by atoms with Crippen molar-refractivity contribution >= 4 is 23.3 Å². The van der Waals surface area contributed by atoms with Crippen molar-refractivity contribution in [2.24, 2.45) is 0 Å². The van der Waals surface area contributed by atoms with Gasteiger partial charge >= 0.3 is 5.97 Å². The molecule has 0 amide bonds. The number of carboxylic acid groups (broad SMARTS) is 1. The molecule has 2 aromatic rings. The van der Waals surface area contributed by atoms with E-state index in [0.29, 0.717) is 11.1 Å². The van der Waals surface area contributed by atoms with Gasteiger partial charge in [0, 0.05) is 22.9 Å². The van der Waals surface area contributed by atoms with Crippen molar-refractivity contribution in [1.29, 1.82) is 0 Å². The third-order valence-electron chi connectivity index (χ3n) is 2.95. The van der Waals surface area contributed by atoms with Crippen LogP contribution in [0.1, 0.15) is 18.4 Å². The van der Waals surface area contributed by atoms with E-state index in [9.17, 15) is 9.18 Å². The van der Waals surface area contributed by atoms with Crippen LogP contribution in [-0.2, 0) is 4.79 Å². The van der Waals surface area contributed by atoms with Crippen molar-refractivity contribution in [2.75, 3.05) is 0 Å². The highest BCUT2D eigenvalue weighted by atomic mass is 27.0. The van der Waals surface area contributed by atoms with Crippen molar-refractivity contribution in [3.05, 3.63) is 59.9 Å². The molecule has 1 unspecified atom stereocenters. The Hall–Kier alpha value is -1.63. The summed E-state index contributed by atoms with van der Waals surface area (Å²) in [5.74, 6) is -2.06. The van der Waals surface area contributed by atoms with E-state index in [1.807, 2.05) is 30.3 Å². The fraction of sp³-hybridized carbons (Fsp3) is 0.133. The van der Waals surface area contributed by atoms with Gasteiger partial charge < -0.3 is 5.11 Å². The van der Waals surface area contributed by atoms with Crippen LogP contribution in [0.5, 0.6) is 0 Å². The van der Waals surface area contributed by atoms with Crippen molar-refractivity contribution in [3.63, 3.8) is 0 Å². The van der Waals surface area contributed by atoms with E-state index >= 15 is 0 Å². The van der Waals surface area contributed by atoms with Crippen molar-refractivity contribution in [1.82, 2.24) is 0 Å². The Balaban J connectivity index is 0.00000180. The average molecular weight is 271 g/mol. The van der Waals surface area contributed by atoms with Gasteiger partial charge in [-0.3, -0.25) is 4.79 Å². The van der Waals surface area contributed by atoms with Gasteiger partial charge in [-0.1, -0.05) is 42.5 Å². The highest BCUT2D eigenvalue weighted by Crippen LogP contribution is 2.26. The Kier molecular flexibility index (Phi) is 5.29. The van der Waals surface area contributed by atoms with E-state index in [1.54, 1.807) is 19.1 Å². The molecule has 1 N–H and O–H groups in total. The summed E-state index contributed by atoms with van der Waals surface area (Å²) in [6.07, 6.45) is 0. The molecule has 0 aliphatic carbocycles. The second-order valence-corrected chi connectivity index (χ2v) is 4.17. The minimum Gasteiger partial charge on any atom is -0.481 e. The summed E-state index contributed by atoms with van der Waals surface area (Å²) >= 11 is 0. The van der Waals surface area contributed by atoms with Gasteiger partial charge in [0.15, 0.2) is 0 Å². The third-order valence-corrected chi connectivity index (χ3v) is 2.95. The number of hydrogen-bond donors (Lipinski definition) is 1. The number of halogens is 1. The number of carboxylic acids is 1. The Morgan fingerprint density at radius 3 is 2.32 bits per heavy atom. The van der Waals surface area contributed by atoms with Crippen LogP contribution >= 0.6 is 0 Å². The molecular weight excluding hydrogens is 258 g/mol. The molecule has 1 atom stereocenters. The standard InChI is InChI=1S/C15H13FO2.Al/c1-10(15(17)18)12-7-8-13(14(16)9-12)11-5-3-2-4-6-11;/h2-10H,1H3,(H,17,18);. The quantitative estimate of drug-likeness (QED) is 0.870. The molecule has 0 spiro atoms. The van der Waals surface area contributed by atoms with Gasteiger partial charge in [-0.05, 0) is 24.1 Å². The molecular formula is C15H13AlFO2. The lowest BCUT2D eigenvalue weighted by Crippen LogP contribution is -2.07. The van der Waals surface area contributed by atoms with Gasteiger partial charge in [-0.25, -0.2) is 4.39 Å². The molecule has 0 bridgehead atoms. The van der Waals surface area contributed by atoms with Crippen molar-refractivity contribution < 1.29 is 14.3 Å². The predicted molar refractivity (Wildman–Crippen MR) is 73.6 cm³/mol. The van der Waals surface area contributed by atoms with E-state index in [2.05, 4.69) is 0 Å². The molecule has 3 radical (unpaired) electrons. The number of rotatable bonds is 3. The Morgan fingerprint density at radius 2 is 1.79 bits per heavy atom. The van der Waals surface area contributed by atoms with Crippen LogP contribution in [0, 0.1) is 5.82 Å². The zero-order valence-electron chi connectivity index (χ0n) is 10.5. The SMILES string of the molecule is CC(C(=O)O)c1ccc(-c2ccccc2)c(F)c1.[Al]. The molecule has 0 saturated heterocycles. The fourth-order valence-electron chi connectivity index (χ4n) is 1.80. The van der Waals surface area contributed by atoms with E-state index < -0.39 is 17.7 Å². The maximum absolute atomic E-state index is 14.0. The van der Waals surface area contributed by atoms with Crippen LogP contribution in [0.25, 0.3) is 11.1 Å². The lowest BCUT2D eigenvalue weighted by Gasteiger charge is -2.09. The van der Waals surface area contributed by atoms with Gasteiger partial charge in [0.05, 0.1) is 5.92 Å². The van der Waals surface area contributed by atoms with Crippen LogP contribution in [0.4, 0.5) is 4.39 Å². The first kappa shape index (κ1) is 15.4. The molecule has 19 heavy (non-hydrogen) atoms. The average Bonchev–Trinajstić information content (AvgIpc) is 2.38. The van der Waals surface area contributed by atoms with Gasteiger partial charge in [0.2, 0.25) is 0 Å². The first-order valence-electron chi connectivity index (χ1n) is 5.67. The normalized spacial score (nSPS) is 11.5. The molecule has 0 heterocycles. The monoisotopic (exact) mass is 271 g/mol. The lowest BCUT2D eigenvalue weighted by molar-refractivity contribution is -0.138. The minimum absolute atomic E-state index is 0. The smallest absolute Gasteiger partial charge is 0.310 e. The van der Waals surface area contributed by atoms with E-state index in [-0.39, 0.29) is 17.4 Å². The first-order chi connectivity index (χ1) is 8.59. The molecule has 2 aromatic carbocycles. The zero-order valence-corrected chi connectivity index (χ0v) is 11.7. The summed E-state index contributed by atoms with van der Waals surface area (Å²) < 4.78 is 14.0. The largest absolute Gasteiger partial charge is 0.481 e. The molecule has 0 aliphatic heterocycles. The third kappa shape index (κ3) is 3.44. The molecule has 0 fully saturated rings. The summed E-state index contributed by atoms with van der Waals surface area (Å²) in [7, 11) is 0. The topological polar surface area (TPSA) is 37.3 Å². The van der Waals surface area contributed by atoms with Crippen LogP contribution < -0.4 is 0 Å². The minimum atomic E-state index is -0.957. The molecule has 4 heteroatoms. The maximum Gasteiger partial charge on any atom is 0.310 e. The molecule has 2 rings (SSSR count). The number of benzene rings is 2. The second-order valence-electron chi connectivity index (χ2n) is 4.17. The molecule has 0 aliphatic rings. The Bertz CT molecular complexity index is 570. The predicted octanol–water partition coefficient (Wildman–Crippen LogP) is 3.30. The summed E-state index contributed by atoms with van der Waals surface area (Å²) in [5, 5.41) is 8.89. The molecule has 0 aromatic heterocycles. The first-order valence-corrected chi connectivity index (χ1v) is 5.67. The Labute approximate surface area is 122 Å². The summed E-state index contributed by atoms with van der Waals surface area (Å²) in [6.45, 7) is 1.54. The zero-order chi connectivity index (χ0) is 13.1. The fourth-order valence-corrected chi connectivity index (χ4v) is 1.80. The van der Waals surface area contributed by atoms with Crippen molar-refractivity contribution in [3.8, 4) is 11.1 Å². The van der Waals surface area contributed by atoms with Crippen LogP contribution in [-0.4, -0.2) is 28.4 Å². The maximum atomic E-state index is 14.0. The van der Waals surface area contributed by atoms with Gasteiger partial charge in [0.25, 0.3) is 0 Å². The van der Waals surface area contributed by atoms with Crippen molar-refractivity contribution in [2.45, 2.75) is 12.8 Å². The highest BCUT2D eigenvalue weighted by Gasteiger charge is 2.15. The van der Waals surface area contributed by atoms with Crippen LogP contribution in [0.15, 0.2) is 48.5 Å². The molecule has 0 saturated carbocycles. The second kappa shape index (κ2) is 6.51. The lowest BCUT2D eigenvalue weighted by atomic mass is 9.97.